The summed E-state index contributed by atoms with van der Waals surface area (Å²) in [6, 6.07) is 7.27. The molecule has 2 nitrogen and oxygen atoms in total. The second kappa shape index (κ2) is 6.35. The van der Waals surface area contributed by atoms with Gasteiger partial charge in [0.15, 0.2) is 0 Å². The maximum absolute atomic E-state index is 15.0. The highest BCUT2D eigenvalue weighted by Crippen LogP contribution is 2.65. The number of hydrogen-bond donors (Lipinski definition) is 0. The Hall–Kier alpha value is -2.29. The molecule has 0 aliphatic heterocycles. The summed E-state index contributed by atoms with van der Waals surface area (Å²) < 4.78 is 94.5. The number of halogens is 7. The van der Waals surface area contributed by atoms with E-state index in [1.54, 1.807) is 13.0 Å². The van der Waals surface area contributed by atoms with E-state index in [9.17, 15) is 17.6 Å². The van der Waals surface area contributed by atoms with Crippen LogP contribution in [0.25, 0.3) is 22.1 Å². The van der Waals surface area contributed by atoms with Gasteiger partial charge in [0.25, 0.3) is 0 Å². The van der Waals surface area contributed by atoms with Crippen LogP contribution in [-0.2, 0) is 0 Å². The van der Waals surface area contributed by atoms with Gasteiger partial charge >= 0.3 is 17.8 Å². The van der Waals surface area contributed by atoms with Crippen molar-refractivity contribution in [1.29, 1.82) is 0 Å². The number of para-hydroxylation sites is 1. The van der Waals surface area contributed by atoms with Gasteiger partial charge in [0.2, 0.25) is 0 Å². The Morgan fingerprint density at radius 3 is 2.13 bits per heavy atom. The zero-order valence-electron chi connectivity index (χ0n) is 15.9. The molecule has 0 fully saturated rings. The topological polar surface area (TPSA) is 26.0 Å². The van der Waals surface area contributed by atoms with Crippen molar-refractivity contribution in [3.63, 3.8) is 0 Å². The molecule has 4 rings (SSSR count). The summed E-state index contributed by atoms with van der Waals surface area (Å²) in [6.45, 7) is 4.25. The van der Waals surface area contributed by atoms with Gasteiger partial charge in [0.1, 0.15) is 15.9 Å². The molecule has 0 saturated carbocycles. The average Bonchev–Trinajstić information content (AvgIpc) is 3.02. The molecule has 1 aliphatic carbocycles. The van der Waals surface area contributed by atoms with Crippen LogP contribution in [0.3, 0.4) is 0 Å². The van der Waals surface area contributed by atoms with Crippen LogP contribution in [0.1, 0.15) is 28.1 Å². The van der Waals surface area contributed by atoms with Crippen LogP contribution in [-0.4, -0.2) is 22.8 Å². The molecule has 0 radical (unpaired) electrons. The zero-order valence-corrected chi connectivity index (χ0v) is 17.5. The van der Waals surface area contributed by atoms with Crippen molar-refractivity contribution in [3.8, 4) is 0 Å². The lowest BCUT2D eigenvalue weighted by atomic mass is 9.93. The van der Waals surface area contributed by atoms with E-state index in [2.05, 4.69) is 20.9 Å². The summed E-state index contributed by atoms with van der Waals surface area (Å²) in [4.78, 5) is 3.93. The Morgan fingerprint density at radius 2 is 1.47 bits per heavy atom. The van der Waals surface area contributed by atoms with Gasteiger partial charge in [0, 0.05) is 10.9 Å². The molecule has 0 atom stereocenters. The van der Waals surface area contributed by atoms with Gasteiger partial charge in [-0.25, -0.2) is 4.98 Å². The number of fused-ring (bicyclic) bond motifs is 1. The lowest BCUT2D eigenvalue weighted by Gasteiger charge is -2.26. The Balaban J connectivity index is 2.21. The van der Waals surface area contributed by atoms with Crippen LogP contribution < -0.4 is 0 Å². The molecule has 3 aromatic rings. The molecule has 2 heterocycles. The van der Waals surface area contributed by atoms with E-state index in [-0.39, 0.29) is 26.9 Å². The third kappa shape index (κ3) is 2.53. The number of benzene rings is 1. The van der Waals surface area contributed by atoms with Gasteiger partial charge < -0.3 is 4.42 Å². The minimum Gasteiger partial charge on any atom is -0.461 e. The second-order valence-corrected chi connectivity index (χ2v) is 8.02. The molecule has 0 N–H and O–H groups in total. The number of furan rings is 1. The first kappa shape index (κ1) is 21.0. The van der Waals surface area contributed by atoms with Gasteiger partial charge in [0.05, 0.1) is 16.8 Å². The Bertz CT molecular complexity index is 1230. The Morgan fingerprint density at radius 1 is 0.867 bits per heavy atom. The first-order valence-electron chi connectivity index (χ1n) is 8.83. The lowest BCUT2D eigenvalue weighted by molar-refractivity contribution is -0.254. The fraction of sp³-hybridized carbons (Fsp3) is 0.286. The number of aryl methyl sites for hydroxylation is 3. The van der Waals surface area contributed by atoms with E-state index in [1.165, 1.54) is 38.1 Å². The summed E-state index contributed by atoms with van der Waals surface area (Å²) in [7, 11) is 0. The third-order valence-corrected chi connectivity index (χ3v) is 6.07. The number of nitrogens with zero attached hydrogens (tertiary/aromatic N) is 1. The van der Waals surface area contributed by atoms with Gasteiger partial charge in [-0.3, -0.25) is 0 Å². The number of hydrogen-bond acceptors (Lipinski definition) is 2. The molecule has 0 bridgehead atoms. The molecule has 1 aliphatic rings. The molecule has 0 spiro atoms. The van der Waals surface area contributed by atoms with Crippen molar-refractivity contribution in [2.24, 2.45) is 0 Å². The zero-order chi connectivity index (χ0) is 22.2. The molecule has 158 valence electrons. The fourth-order valence-electron chi connectivity index (χ4n) is 3.83. The van der Waals surface area contributed by atoms with Crippen molar-refractivity contribution in [2.45, 2.75) is 38.5 Å². The maximum atomic E-state index is 15.0. The second-order valence-electron chi connectivity index (χ2n) is 7.26. The lowest BCUT2D eigenvalue weighted by Crippen LogP contribution is -2.49. The van der Waals surface area contributed by atoms with Crippen LogP contribution in [0.15, 0.2) is 39.4 Å². The Labute approximate surface area is 175 Å². The van der Waals surface area contributed by atoms with Crippen LogP contribution in [0, 0.1) is 20.8 Å². The first-order valence-corrected chi connectivity index (χ1v) is 9.63. The van der Waals surface area contributed by atoms with Crippen LogP contribution in [0.4, 0.5) is 26.3 Å². The van der Waals surface area contributed by atoms with Crippen LogP contribution in [0.5, 0.6) is 0 Å². The molecule has 0 saturated heterocycles. The first-order chi connectivity index (χ1) is 13.8. The van der Waals surface area contributed by atoms with Crippen molar-refractivity contribution in [2.75, 3.05) is 0 Å². The maximum Gasteiger partial charge on any atom is 0.380 e. The molecule has 0 unspecified atom stereocenters. The van der Waals surface area contributed by atoms with E-state index in [4.69, 9.17) is 4.42 Å². The monoisotopic (exact) mass is 489 g/mol. The molecule has 1 aromatic carbocycles. The third-order valence-electron chi connectivity index (χ3n) is 5.27. The summed E-state index contributed by atoms with van der Waals surface area (Å²) in [5.74, 6) is -16.1. The highest BCUT2D eigenvalue weighted by atomic mass is 79.9. The van der Waals surface area contributed by atoms with E-state index in [0.717, 1.165) is 0 Å². The smallest absolute Gasteiger partial charge is 0.380 e. The van der Waals surface area contributed by atoms with E-state index < -0.39 is 40.2 Å². The average molecular weight is 490 g/mol. The molecule has 0 amide bonds. The van der Waals surface area contributed by atoms with Crippen LogP contribution >= 0.6 is 15.9 Å². The normalized spacial score (nSPS) is 19.7. The Kier molecular flexibility index (Phi) is 4.44. The summed E-state index contributed by atoms with van der Waals surface area (Å²) in [6.07, 6.45) is 0. The van der Waals surface area contributed by atoms with Crippen molar-refractivity contribution < 1.29 is 30.8 Å². The summed E-state index contributed by atoms with van der Waals surface area (Å²) in [5.41, 5.74) is -3.31. The number of aromatic nitrogens is 1. The quantitative estimate of drug-likeness (QED) is 0.278. The molecular formula is C21H14BrF6NO. The molecule has 30 heavy (non-hydrogen) atoms. The highest BCUT2D eigenvalue weighted by Gasteiger charge is 2.81. The predicted octanol–water partition coefficient (Wildman–Crippen LogP) is 7.35. The number of rotatable bonds is 2. The van der Waals surface area contributed by atoms with Crippen LogP contribution in [0.2, 0.25) is 0 Å². The van der Waals surface area contributed by atoms with Gasteiger partial charge in [-0.15, -0.1) is 0 Å². The number of pyridine rings is 1. The number of allylic oxidation sites excluding steroid dienone is 2. The van der Waals surface area contributed by atoms with Gasteiger partial charge in [-0.1, -0.05) is 24.3 Å². The number of alkyl halides is 6. The van der Waals surface area contributed by atoms with E-state index in [1.807, 2.05) is 0 Å². The standard InChI is InChI=1S/C21H14BrF6NO/c1-9-8-10(2)18(22)29-17(9)16-15(19(23,24)21(27,28)20(16,25)26)14-11(3)30-13-7-5-4-6-12(13)14/h4-8H,1-3H3. The highest BCUT2D eigenvalue weighted by molar-refractivity contribution is 9.10. The van der Waals surface area contributed by atoms with E-state index in [0.29, 0.717) is 5.56 Å². The molecule has 2 aromatic heterocycles. The fourth-order valence-corrected chi connectivity index (χ4v) is 4.12. The van der Waals surface area contributed by atoms with Crippen molar-refractivity contribution >= 4 is 38.0 Å². The van der Waals surface area contributed by atoms with Gasteiger partial charge in [-0.2, -0.15) is 26.3 Å². The summed E-state index contributed by atoms with van der Waals surface area (Å²) in [5, 5.41) is 0.0412. The molecule has 9 heteroatoms. The predicted molar refractivity (Wildman–Crippen MR) is 104 cm³/mol. The SMILES string of the molecule is Cc1cc(C)c(C2=C(c3c(C)oc4ccccc34)C(F)(F)C(F)(F)C2(F)F)nc1Br. The molecular weight excluding hydrogens is 476 g/mol. The largest absolute Gasteiger partial charge is 0.461 e. The summed E-state index contributed by atoms with van der Waals surface area (Å²) >= 11 is 3.07. The minimum absolute atomic E-state index is 0.0412. The van der Waals surface area contributed by atoms with Gasteiger partial charge in [-0.05, 0) is 53.9 Å². The van der Waals surface area contributed by atoms with E-state index >= 15 is 8.78 Å². The minimum atomic E-state index is -5.65. The van der Waals surface area contributed by atoms with Crippen molar-refractivity contribution in [3.05, 3.63) is 63.1 Å². The van der Waals surface area contributed by atoms with Crippen molar-refractivity contribution in [1.82, 2.24) is 4.98 Å².